The highest BCUT2D eigenvalue weighted by atomic mass is 19.1. The zero-order chi connectivity index (χ0) is 12.4. The number of ether oxygens (including phenoxy) is 2. The number of halogens is 1. The zero-order valence-electron chi connectivity index (χ0n) is 10.2. The molecule has 94 valence electrons. The fourth-order valence-electron chi connectivity index (χ4n) is 2.14. The molecule has 2 atom stereocenters. The van der Waals surface area contributed by atoms with E-state index in [9.17, 15) is 4.39 Å². The topological polar surface area (TPSA) is 44.5 Å². The summed E-state index contributed by atoms with van der Waals surface area (Å²) in [5.41, 5.74) is 6.57. The highest BCUT2D eigenvalue weighted by molar-refractivity contribution is 5.31. The predicted octanol–water partition coefficient (Wildman–Crippen LogP) is 2.26. The summed E-state index contributed by atoms with van der Waals surface area (Å²) in [4.78, 5) is 0. The Bertz CT molecular complexity index is 393. The molecule has 1 aliphatic rings. The Balaban J connectivity index is 2.20. The van der Waals surface area contributed by atoms with Crippen molar-refractivity contribution in [1.82, 2.24) is 0 Å². The maximum atomic E-state index is 13.9. The maximum absolute atomic E-state index is 13.9. The van der Waals surface area contributed by atoms with E-state index < -0.39 is 6.04 Å². The van der Waals surface area contributed by atoms with E-state index in [1.807, 2.05) is 0 Å². The predicted molar refractivity (Wildman–Crippen MR) is 63.4 cm³/mol. The summed E-state index contributed by atoms with van der Waals surface area (Å²) in [5, 5.41) is 0. The molecule has 2 N–H and O–H groups in total. The summed E-state index contributed by atoms with van der Waals surface area (Å²) in [6.45, 7) is 0. The number of rotatable bonds is 5. The summed E-state index contributed by atoms with van der Waals surface area (Å²) < 4.78 is 24.2. The number of nitrogens with two attached hydrogens (primary N) is 1. The number of benzene rings is 1. The van der Waals surface area contributed by atoms with Crippen molar-refractivity contribution < 1.29 is 13.9 Å². The molecule has 0 aliphatic heterocycles. The largest absolute Gasteiger partial charge is 0.497 e. The van der Waals surface area contributed by atoms with Gasteiger partial charge in [0.2, 0.25) is 0 Å². The van der Waals surface area contributed by atoms with Crippen LogP contribution in [-0.2, 0) is 4.74 Å². The molecule has 1 saturated carbocycles. The van der Waals surface area contributed by atoms with Gasteiger partial charge in [0.1, 0.15) is 11.6 Å². The minimum Gasteiger partial charge on any atom is -0.497 e. The lowest BCUT2D eigenvalue weighted by Crippen LogP contribution is -2.30. The van der Waals surface area contributed by atoms with E-state index in [2.05, 4.69) is 0 Å². The summed E-state index contributed by atoms with van der Waals surface area (Å²) >= 11 is 0. The second-order valence-corrected chi connectivity index (χ2v) is 4.45. The highest BCUT2D eigenvalue weighted by Crippen LogP contribution is 2.39. The van der Waals surface area contributed by atoms with Crippen LogP contribution in [0.1, 0.15) is 24.4 Å². The first-order chi connectivity index (χ1) is 8.17. The van der Waals surface area contributed by atoms with E-state index in [4.69, 9.17) is 15.2 Å². The summed E-state index contributed by atoms with van der Waals surface area (Å²) in [7, 11) is 3.14. The fraction of sp³-hybridized carbons (Fsp3) is 0.538. The van der Waals surface area contributed by atoms with Gasteiger partial charge in [-0.05, 0) is 24.8 Å². The summed E-state index contributed by atoms with van der Waals surface area (Å²) in [6, 6.07) is 4.33. The lowest BCUT2D eigenvalue weighted by atomic mass is 9.98. The van der Waals surface area contributed by atoms with Gasteiger partial charge in [0.05, 0.1) is 19.3 Å². The van der Waals surface area contributed by atoms with Crippen LogP contribution < -0.4 is 10.5 Å². The Morgan fingerprint density at radius 2 is 2.06 bits per heavy atom. The SMILES string of the molecule is COc1ccc(C(N)C(OC)C2CC2)c(F)c1. The zero-order valence-corrected chi connectivity index (χ0v) is 10.2. The lowest BCUT2D eigenvalue weighted by molar-refractivity contribution is 0.0614. The molecule has 0 heterocycles. The molecule has 1 fully saturated rings. The average Bonchev–Trinajstić information content (AvgIpc) is 3.14. The van der Waals surface area contributed by atoms with Gasteiger partial charge >= 0.3 is 0 Å². The van der Waals surface area contributed by atoms with Crippen molar-refractivity contribution in [2.45, 2.75) is 25.0 Å². The van der Waals surface area contributed by atoms with Crippen molar-refractivity contribution in [3.8, 4) is 5.75 Å². The van der Waals surface area contributed by atoms with Crippen molar-refractivity contribution in [1.29, 1.82) is 0 Å². The van der Waals surface area contributed by atoms with Crippen molar-refractivity contribution in [3.05, 3.63) is 29.6 Å². The van der Waals surface area contributed by atoms with Gasteiger partial charge in [-0.1, -0.05) is 6.07 Å². The van der Waals surface area contributed by atoms with E-state index in [0.29, 0.717) is 17.2 Å². The van der Waals surface area contributed by atoms with Gasteiger partial charge < -0.3 is 15.2 Å². The first-order valence-corrected chi connectivity index (χ1v) is 5.79. The summed E-state index contributed by atoms with van der Waals surface area (Å²) in [5.74, 6) is 0.634. The molecule has 0 spiro atoms. The van der Waals surface area contributed by atoms with Crippen molar-refractivity contribution in [2.75, 3.05) is 14.2 Å². The monoisotopic (exact) mass is 239 g/mol. The quantitative estimate of drug-likeness (QED) is 0.857. The van der Waals surface area contributed by atoms with Crippen molar-refractivity contribution >= 4 is 0 Å². The Morgan fingerprint density at radius 1 is 1.35 bits per heavy atom. The average molecular weight is 239 g/mol. The van der Waals surface area contributed by atoms with E-state index in [-0.39, 0.29) is 11.9 Å². The van der Waals surface area contributed by atoms with Gasteiger partial charge in [0.15, 0.2) is 0 Å². The highest BCUT2D eigenvalue weighted by Gasteiger charge is 2.36. The van der Waals surface area contributed by atoms with Crippen LogP contribution in [-0.4, -0.2) is 20.3 Å². The molecule has 0 radical (unpaired) electrons. The fourth-order valence-corrected chi connectivity index (χ4v) is 2.14. The second kappa shape index (κ2) is 5.02. The normalized spacial score (nSPS) is 18.8. The van der Waals surface area contributed by atoms with Gasteiger partial charge in [0, 0.05) is 18.7 Å². The molecule has 1 aromatic rings. The van der Waals surface area contributed by atoms with Crippen LogP contribution in [0.25, 0.3) is 0 Å². The number of hydrogen-bond acceptors (Lipinski definition) is 3. The minimum atomic E-state index is -0.418. The molecule has 1 aromatic carbocycles. The molecule has 3 nitrogen and oxygen atoms in total. The third-order valence-corrected chi connectivity index (χ3v) is 3.28. The maximum Gasteiger partial charge on any atom is 0.131 e. The Morgan fingerprint density at radius 3 is 2.53 bits per heavy atom. The molecule has 2 rings (SSSR count). The second-order valence-electron chi connectivity index (χ2n) is 4.45. The van der Waals surface area contributed by atoms with Crippen LogP contribution in [0.5, 0.6) is 5.75 Å². The van der Waals surface area contributed by atoms with Gasteiger partial charge in [0.25, 0.3) is 0 Å². The van der Waals surface area contributed by atoms with Crippen LogP contribution in [0.15, 0.2) is 18.2 Å². The van der Waals surface area contributed by atoms with Gasteiger partial charge in [-0.15, -0.1) is 0 Å². The molecular weight excluding hydrogens is 221 g/mol. The van der Waals surface area contributed by atoms with Crippen LogP contribution >= 0.6 is 0 Å². The minimum absolute atomic E-state index is 0.0992. The standard InChI is InChI=1S/C13H18FNO2/c1-16-9-5-6-10(11(14)7-9)12(15)13(17-2)8-3-4-8/h5-8,12-13H,3-4,15H2,1-2H3. The molecule has 2 unspecified atom stereocenters. The van der Waals surface area contributed by atoms with Crippen LogP contribution in [0.4, 0.5) is 4.39 Å². The van der Waals surface area contributed by atoms with Crippen LogP contribution in [0.3, 0.4) is 0 Å². The number of methoxy groups -OCH3 is 2. The Kier molecular flexibility index (Phi) is 3.64. The van der Waals surface area contributed by atoms with E-state index in [1.165, 1.54) is 13.2 Å². The molecule has 1 aliphatic carbocycles. The van der Waals surface area contributed by atoms with Crippen molar-refractivity contribution in [3.63, 3.8) is 0 Å². The lowest BCUT2D eigenvalue weighted by Gasteiger charge is -2.23. The van der Waals surface area contributed by atoms with Crippen molar-refractivity contribution in [2.24, 2.45) is 11.7 Å². The third-order valence-electron chi connectivity index (χ3n) is 3.28. The van der Waals surface area contributed by atoms with Crippen LogP contribution in [0.2, 0.25) is 0 Å². The molecular formula is C13H18FNO2. The first-order valence-electron chi connectivity index (χ1n) is 5.79. The molecule has 4 heteroatoms. The number of hydrogen-bond donors (Lipinski definition) is 1. The molecule has 0 amide bonds. The molecule has 0 bridgehead atoms. The third kappa shape index (κ3) is 2.58. The van der Waals surface area contributed by atoms with E-state index >= 15 is 0 Å². The Hall–Kier alpha value is -1.13. The van der Waals surface area contributed by atoms with E-state index in [0.717, 1.165) is 12.8 Å². The first kappa shape index (κ1) is 12.3. The Labute approximate surface area is 101 Å². The van der Waals surface area contributed by atoms with E-state index in [1.54, 1.807) is 19.2 Å². The molecule has 0 saturated heterocycles. The van der Waals surface area contributed by atoms with Crippen LogP contribution in [0, 0.1) is 11.7 Å². The van der Waals surface area contributed by atoms with Gasteiger partial charge in [-0.25, -0.2) is 4.39 Å². The molecule has 0 aromatic heterocycles. The smallest absolute Gasteiger partial charge is 0.131 e. The van der Waals surface area contributed by atoms with Gasteiger partial charge in [-0.3, -0.25) is 0 Å². The molecule has 17 heavy (non-hydrogen) atoms. The summed E-state index contributed by atoms with van der Waals surface area (Å²) in [6.07, 6.45) is 2.13. The van der Waals surface area contributed by atoms with Gasteiger partial charge in [-0.2, -0.15) is 0 Å².